The van der Waals surface area contributed by atoms with Crippen LogP contribution >= 0.6 is 11.3 Å². The molecule has 3 heterocycles. The highest BCUT2D eigenvalue weighted by atomic mass is 32.1. The molecule has 0 saturated carbocycles. The van der Waals surface area contributed by atoms with Crippen LogP contribution in [-0.2, 0) is 6.42 Å². The molecule has 0 radical (unpaired) electrons. The van der Waals surface area contributed by atoms with Crippen molar-refractivity contribution in [2.45, 2.75) is 12.5 Å². The summed E-state index contributed by atoms with van der Waals surface area (Å²) in [4.78, 5) is 31.9. The molecule has 5 rings (SSSR count). The maximum atomic E-state index is 13.7. The van der Waals surface area contributed by atoms with Crippen molar-refractivity contribution in [2.75, 3.05) is 6.54 Å². The van der Waals surface area contributed by atoms with Crippen molar-refractivity contribution >= 4 is 28.1 Å². The minimum absolute atomic E-state index is 0.104. The SMILES string of the molecule is O=C(c1cc(=O)[nH]c2ccccc12)N1CCc2sccc2[C@H]1c1ccccc1. The Morgan fingerprint density at radius 3 is 2.68 bits per heavy atom. The Bertz CT molecular complexity index is 1230. The third-order valence-corrected chi connectivity index (χ3v) is 6.32. The second-order valence-corrected chi connectivity index (χ2v) is 7.95. The van der Waals surface area contributed by atoms with E-state index in [1.54, 1.807) is 11.3 Å². The molecule has 5 heteroatoms. The Morgan fingerprint density at radius 2 is 1.82 bits per heavy atom. The highest BCUT2D eigenvalue weighted by Crippen LogP contribution is 2.38. The highest BCUT2D eigenvalue weighted by molar-refractivity contribution is 7.10. The number of hydrogen-bond acceptors (Lipinski definition) is 3. The van der Waals surface area contributed by atoms with Crippen molar-refractivity contribution in [1.82, 2.24) is 9.88 Å². The van der Waals surface area contributed by atoms with Crippen LogP contribution in [0.15, 0.2) is 76.9 Å². The molecule has 1 aliphatic heterocycles. The Balaban J connectivity index is 1.66. The number of carbonyl (C=O) groups is 1. The Kier molecular flexibility index (Phi) is 4.10. The van der Waals surface area contributed by atoms with E-state index >= 15 is 0 Å². The molecule has 0 unspecified atom stereocenters. The van der Waals surface area contributed by atoms with Gasteiger partial charge in [0.1, 0.15) is 0 Å². The van der Waals surface area contributed by atoms with Crippen molar-refractivity contribution < 1.29 is 4.79 Å². The van der Waals surface area contributed by atoms with E-state index in [1.807, 2.05) is 47.4 Å². The van der Waals surface area contributed by atoms with Crippen molar-refractivity contribution in [3.63, 3.8) is 0 Å². The van der Waals surface area contributed by atoms with Gasteiger partial charge in [0.15, 0.2) is 0 Å². The minimum atomic E-state index is -0.258. The van der Waals surface area contributed by atoms with Gasteiger partial charge < -0.3 is 9.88 Å². The third-order valence-electron chi connectivity index (χ3n) is 5.32. The van der Waals surface area contributed by atoms with E-state index in [4.69, 9.17) is 0 Å². The number of nitrogens with one attached hydrogen (secondary N) is 1. The maximum absolute atomic E-state index is 13.7. The predicted octanol–water partition coefficient (Wildman–Crippen LogP) is 4.38. The molecule has 1 amide bonds. The van der Waals surface area contributed by atoms with E-state index in [2.05, 4.69) is 28.6 Å². The molecule has 4 nitrogen and oxygen atoms in total. The summed E-state index contributed by atoms with van der Waals surface area (Å²) in [6.45, 7) is 0.632. The highest BCUT2D eigenvalue weighted by Gasteiger charge is 2.33. The molecule has 28 heavy (non-hydrogen) atoms. The molecule has 0 aliphatic carbocycles. The zero-order valence-corrected chi connectivity index (χ0v) is 15.9. The smallest absolute Gasteiger partial charge is 0.255 e. The van der Waals surface area contributed by atoms with E-state index in [-0.39, 0.29) is 17.5 Å². The molecule has 1 N–H and O–H groups in total. The molecule has 2 aromatic carbocycles. The average Bonchev–Trinajstić information content (AvgIpc) is 3.21. The number of hydrogen-bond donors (Lipinski definition) is 1. The van der Waals surface area contributed by atoms with Gasteiger partial charge >= 0.3 is 0 Å². The van der Waals surface area contributed by atoms with Gasteiger partial charge in [-0.25, -0.2) is 0 Å². The standard InChI is InChI=1S/C23H18N2O2S/c26-21-14-18(16-8-4-5-9-19(16)24-21)23(27)25-12-10-20-17(11-13-28-20)22(25)15-6-2-1-3-7-15/h1-9,11,13-14,22H,10,12H2,(H,24,26)/t22-/m1/s1. The lowest BCUT2D eigenvalue weighted by molar-refractivity contribution is 0.0698. The summed E-state index contributed by atoms with van der Waals surface area (Å²) in [6.07, 6.45) is 0.837. The van der Waals surface area contributed by atoms with Crippen molar-refractivity contribution in [3.05, 3.63) is 104 Å². The second kappa shape index (κ2) is 6.77. The summed E-state index contributed by atoms with van der Waals surface area (Å²) in [7, 11) is 0. The van der Waals surface area contributed by atoms with Crippen molar-refractivity contribution in [2.24, 2.45) is 0 Å². The fourth-order valence-electron chi connectivity index (χ4n) is 4.07. The molecule has 4 aromatic rings. The molecule has 138 valence electrons. The van der Waals surface area contributed by atoms with E-state index in [9.17, 15) is 9.59 Å². The van der Waals surface area contributed by atoms with Gasteiger partial charge in [-0.05, 0) is 35.1 Å². The number of thiophene rings is 1. The first kappa shape index (κ1) is 17.0. The number of aromatic amines is 1. The van der Waals surface area contributed by atoms with Gasteiger partial charge in [-0.3, -0.25) is 9.59 Å². The number of carbonyl (C=O) groups excluding carboxylic acids is 1. The van der Waals surface area contributed by atoms with Crippen molar-refractivity contribution in [3.8, 4) is 0 Å². The number of para-hydroxylation sites is 1. The van der Waals surface area contributed by atoms with E-state index in [0.717, 1.165) is 17.4 Å². The number of H-pyrrole nitrogens is 1. The third kappa shape index (κ3) is 2.75. The summed E-state index contributed by atoms with van der Waals surface area (Å²) < 4.78 is 0. The van der Waals surface area contributed by atoms with Crippen LogP contribution in [0.25, 0.3) is 10.9 Å². The van der Waals surface area contributed by atoms with Crippen LogP contribution in [0.2, 0.25) is 0 Å². The topological polar surface area (TPSA) is 53.2 Å². The number of pyridine rings is 1. The average molecular weight is 386 g/mol. The lowest BCUT2D eigenvalue weighted by Gasteiger charge is -2.36. The fraction of sp³-hybridized carbons (Fsp3) is 0.130. The van der Waals surface area contributed by atoms with Crippen LogP contribution in [0.1, 0.15) is 32.4 Å². The molecule has 1 aliphatic rings. The van der Waals surface area contributed by atoms with E-state index in [0.29, 0.717) is 17.6 Å². The van der Waals surface area contributed by atoms with Crippen LogP contribution < -0.4 is 5.56 Å². The monoisotopic (exact) mass is 386 g/mol. The molecule has 2 aromatic heterocycles. The molecule has 1 atom stereocenters. The quantitative estimate of drug-likeness (QED) is 0.556. The lowest BCUT2D eigenvalue weighted by atomic mass is 9.92. The largest absolute Gasteiger partial charge is 0.327 e. The van der Waals surface area contributed by atoms with Crippen LogP contribution in [0.3, 0.4) is 0 Å². The fourth-order valence-corrected chi connectivity index (χ4v) is 4.97. The summed E-state index contributed by atoms with van der Waals surface area (Å²) in [5.74, 6) is -0.104. The molecule has 0 bridgehead atoms. The van der Waals surface area contributed by atoms with Crippen LogP contribution in [0.5, 0.6) is 0 Å². The van der Waals surface area contributed by atoms with Crippen LogP contribution in [-0.4, -0.2) is 22.3 Å². The van der Waals surface area contributed by atoms with Crippen molar-refractivity contribution in [1.29, 1.82) is 0 Å². The zero-order valence-electron chi connectivity index (χ0n) is 15.1. The number of aromatic nitrogens is 1. The molecular weight excluding hydrogens is 368 g/mol. The number of rotatable bonds is 2. The molecule has 0 saturated heterocycles. The van der Waals surface area contributed by atoms with E-state index < -0.39 is 0 Å². The first-order valence-corrected chi connectivity index (χ1v) is 10.1. The molecule has 0 fully saturated rings. The van der Waals surface area contributed by atoms with Gasteiger partial charge in [0.2, 0.25) is 5.56 Å². The zero-order chi connectivity index (χ0) is 19.1. The molecule has 0 spiro atoms. The normalized spacial score (nSPS) is 16.1. The number of amides is 1. The lowest BCUT2D eigenvalue weighted by Crippen LogP contribution is -2.40. The first-order valence-electron chi connectivity index (χ1n) is 9.26. The minimum Gasteiger partial charge on any atom is -0.327 e. The first-order chi connectivity index (χ1) is 13.7. The Labute approximate surface area is 166 Å². The van der Waals surface area contributed by atoms with Gasteiger partial charge in [0, 0.05) is 28.4 Å². The van der Waals surface area contributed by atoms with Gasteiger partial charge in [0.05, 0.1) is 11.6 Å². The maximum Gasteiger partial charge on any atom is 0.255 e. The number of fused-ring (bicyclic) bond motifs is 2. The van der Waals surface area contributed by atoms with Crippen LogP contribution in [0.4, 0.5) is 0 Å². The predicted molar refractivity (Wildman–Crippen MR) is 112 cm³/mol. The Hall–Kier alpha value is -3.18. The second-order valence-electron chi connectivity index (χ2n) is 6.95. The van der Waals surface area contributed by atoms with E-state index in [1.165, 1.54) is 16.5 Å². The van der Waals surface area contributed by atoms with Gasteiger partial charge in [-0.2, -0.15) is 0 Å². The molecular formula is C23H18N2O2S. The van der Waals surface area contributed by atoms with Gasteiger partial charge in [-0.15, -0.1) is 11.3 Å². The summed E-state index contributed by atoms with van der Waals surface area (Å²) in [5, 5.41) is 2.87. The summed E-state index contributed by atoms with van der Waals surface area (Å²) in [6, 6.07) is 21.0. The number of benzene rings is 2. The number of nitrogens with zero attached hydrogens (tertiary/aromatic N) is 1. The van der Waals surface area contributed by atoms with Crippen LogP contribution in [0, 0.1) is 0 Å². The Morgan fingerprint density at radius 1 is 1.04 bits per heavy atom. The summed E-state index contributed by atoms with van der Waals surface area (Å²) >= 11 is 1.75. The summed E-state index contributed by atoms with van der Waals surface area (Å²) in [5.41, 5.74) is 3.16. The van der Waals surface area contributed by atoms with Gasteiger partial charge in [0.25, 0.3) is 5.91 Å². The van der Waals surface area contributed by atoms with Gasteiger partial charge in [-0.1, -0.05) is 48.5 Å².